The highest BCUT2D eigenvalue weighted by atomic mass is 16.2. The summed E-state index contributed by atoms with van der Waals surface area (Å²) in [7, 11) is 0. The first-order valence-electron chi connectivity index (χ1n) is 10.3. The number of rotatable bonds is 3. The number of aromatic amines is 1. The lowest BCUT2D eigenvalue weighted by atomic mass is 10.0. The first kappa shape index (κ1) is 17.4. The fourth-order valence-electron chi connectivity index (χ4n) is 5.06. The second-order valence-corrected chi connectivity index (χ2v) is 8.43. The molecule has 1 aliphatic heterocycles. The SMILES string of the molecule is CC(=O)N1C[C@H]2CC(Nc3ncc4c(-c5ccc6nncn6c5)c[nH]c4n3)C[C@H]2C1. The van der Waals surface area contributed by atoms with Crippen molar-refractivity contribution in [2.45, 2.75) is 25.8 Å². The van der Waals surface area contributed by atoms with Crippen molar-refractivity contribution in [3.63, 3.8) is 0 Å². The van der Waals surface area contributed by atoms with E-state index in [9.17, 15) is 4.79 Å². The summed E-state index contributed by atoms with van der Waals surface area (Å²) in [5, 5.41) is 12.5. The summed E-state index contributed by atoms with van der Waals surface area (Å²) in [5.74, 6) is 2.01. The molecule has 0 aromatic carbocycles. The van der Waals surface area contributed by atoms with Gasteiger partial charge in [-0.25, -0.2) is 4.98 Å². The maximum atomic E-state index is 11.6. The molecule has 3 atom stereocenters. The second kappa shape index (κ2) is 6.51. The number of H-pyrrole nitrogens is 1. The molecular formula is C21H22N8O. The van der Waals surface area contributed by atoms with Crippen LogP contribution in [-0.4, -0.2) is 59.5 Å². The van der Waals surface area contributed by atoms with Crippen LogP contribution in [0, 0.1) is 11.8 Å². The van der Waals surface area contributed by atoms with E-state index in [1.54, 1.807) is 13.3 Å². The van der Waals surface area contributed by atoms with E-state index in [1.165, 1.54) is 0 Å². The van der Waals surface area contributed by atoms with Gasteiger partial charge in [-0.3, -0.25) is 9.20 Å². The molecule has 4 aromatic rings. The van der Waals surface area contributed by atoms with Crippen LogP contribution in [-0.2, 0) is 4.79 Å². The van der Waals surface area contributed by atoms with Crippen molar-refractivity contribution in [1.29, 1.82) is 0 Å². The predicted molar refractivity (Wildman–Crippen MR) is 112 cm³/mol. The minimum absolute atomic E-state index is 0.189. The van der Waals surface area contributed by atoms with Gasteiger partial charge in [0.2, 0.25) is 11.9 Å². The molecule has 0 spiro atoms. The Kier molecular flexibility index (Phi) is 3.77. The Morgan fingerprint density at radius 2 is 2.07 bits per heavy atom. The minimum Gasteiger partial charge on any atom is -0.351 e. The molecule has 1 amide bonds. The standard InChI is InChI=1S/C21H22N8O/c1-12(30)28-9-14-4-16(5-15(14)10-28)25-21-23-7-18-17(6-22-20(18)26-21)13-2-3-19-27-24-11-29(19)8-13/h2-3,6-8,11,14-16H,4-5,9-10H2,1H3,(H2,22,23,25,26)/t14-,15+,16?. The number of carbonyl (C=O) groups is 1. The fourth-order valence-corrected chi connectivity index (χ4v) is 5.06. The van der Waals surface area contributed by atoms with E-state index in [0.717, 1.165) is 53.7 Å². The lowest BCUT2D eigenvalue weighted by Gasteiger charge is -2.18. The number of aromatic nitrogens is 6. The maximum absolute atomic E-state index is 11.6. The molecule has 1 saturated heterocycles. The van der Waals surface area contributed by atoms with Crippen molar-refractivity contribution in [2.24, 2.45) is 11.8 Å². The van der Waals surface area contributed by atoms with Gasteiger partial charge in [0, 0.05) is 61.2 Å². The monoisotopic (exact) mass is 402 g/mol. The van der Waals surface area contributed by atoms with E-state index >= 15 is 0 Å². The summed E-state index contributed by atoms with van der Waals surface area (Å²) in [4.78, 5) is 26.1. The fraction of sp³-hybridized carbons (Fsp3) is 0.381. The molecule has 0 bridgehead atoms. The summed E-state index contributed by atoms with van der Waals surface area (Å²) in [5.41, 5.74) is 3.73. The quantitative estimate of drug-likeness (QED) is 0.545. The van der Waals surface area contributed by atoms with E-state index in [1.807, 2.05) is 40.0 Å². The highest BCUT2D eigenvalue weighted by Crippen LogP contribution is 2.39. The number of carbonyl (C=O) groups excluding carboxylic acids is 1. The third kappa shape index (κ3) is 2.80. The van der Waals surface area contributed by atoms with Crippen LogP contribution in [0.1, 0.15) is 19.8 Å². The molecule has 1 unspecified atom stereocenters. The Morgan fingerprint density at radius 1 is 1.23 bits per heavy atom. The van der Waals surface area contributed by atoms with Crippen molar-refractivity contribution in [3.05, 3.63) is 37.1 Å². The Balaban J connectivity index is 1.21. The average Bonchev–Trinajstić information content (AvgIpc) is 3.49. The van der Waals surface area contributed by atoms with E-state index in [0.29, 0.717) is 23.8 Å². The molecule has 30 heavy (non-hydrogen) atoms. The molecule has 9 nitrogen and oxygen atoms in total. The summed E-state index contributed by atoms with van der Waals surface area (Å²) in [6.07, 6.45) is 9.66. The van der Waals surface area contributed by atoms with Crippen LogP contribution in [0.5, 0.6) is 0 Å². The van der Waals surface area contributed by atoms with E-state index in [-0.39, 0.29) is 5.91 Å². The Hall–Kier alpha value is -3.49. The summed E-state index contributed by atoms with van der Waals surface area (Å²) in [6, 6.07) is 4.33. The first-order valence-corrected chi connectivity index (χ1v) is 10.3. The number of pyridine rings is 1. The van der Waals surface area contributed by atoms with Gasteiger partial charge in [0.15, 0.2) is 5.65 Å². The van der Waals surface area contributed by atoms with Crippen LogP contribution in [0.2, 0.25) is 0 Å². The predicted octanol–water partition coefficient (Wildman–Crippen LogP) is 2.34. The number of nitrogens with one attached hydrogen (secondary N) is 2. The molecular weight excluding hydrogens is 380 g/mol. The van der Waals surface area contributed by atoms with E-state index < -0.39 is 0 Å². The highest BCUT2D eigenvalue weighted by Gasteiger charge is 2.41. The average molecular weight is 402 g/mol. The molecule has 2 fully saturated rings. The molecule has 2 aliphatic rings. The summed E-state index contributed by atoms with van der Waals surface area (Å²) >= 11 is 0. The number of anilines is 1. The van der Waals surface area contributed by atoms with Gasteiger partial charge < -0.3 is 15.2 Å². The van der Waals surface area contributed by atoms with E-state index in [2.05, 4.69) is 25.5 Å². The van der Waals surface area contributed by atoms with Crippen LogP contribution in [0.15, 0.2) is 37.1 Å². The summed E-state index contributed by atoms with van der Waals surface area (Å²) < 4.78 is 1.90. The molecule has 2 N–H and O–H groups in total. The molecule has 152 valence electrons. The molecule has 1 saturated carbocycles. The smallest absolute Gasteiger partial charge is 0.224 e. The Labute approximate surface area is 172 Å². The van der Waals surface area contributed by atoms with Gasteiger partial charge in [-0.05, 0) is 36.8 Å². The van der Waals surface area contributed by atoms with Gasteiger partial charge in [-0.2, -0.15) is 4.98 Å². The van der Waals surface area contributed by atoms with Crippen molar-refractivity contribution in [3.8, 4) is 11.1 Å². The Bertz CT molecular complexity index is 1250. The first-order chi connectivity index (χ1) is 14.6. The number of nitrogens with zero attached hydrogens (tertiary/aromatic N) is 6. The molecule has 9 heteroatoms. The van der Waals surface area contributed by atoms with Crippen LogP contribution < -0.4 is 5.32 Å². The molecule has 1 aliphatic carbocycles. The molecule has 0 radical (unpaired) electrons. The topological polar surface area (TPSA) is 104 Å². The number of fused-ring (bicyclic) bond motifs is 3. The van der Waals surface area contributed by atoms with Crippen LogP contribution in [0.4, 0.5) is 5.95 Å². The van der Waals surface area contributed by atoms with Crippen molar-refractivity contribution in [2.75, 3.05) is 18.4 Å². The van der Waals surface area contributed by atoms with E-state index in [4.69, 9.17) is 4.98 Å². The third-order valence-electron chi connectivity index (χ3n) is 6.56. The minimum atomic E-state index is 0.189. The highest BCUT2D eigenvalue weighted by molar-refractivity contribution is 5.93. The maximum Gasteiger partial charge on any atom is 0.224 e. The third-order valence-corrected chi connectivity index (χ3v) is 6.56. The van der Waals surface area contributed by atoms with Crippen LogP contribution in [0.25, 0.3) is 27.8 Å². The Morgan fingerprint density at radius 3 is 2.87 bits per heavy atom. The van der Waals surface area contributed by atoms with Crippen molar-refractivity contribution in [1.82, 2.24) is 34.4 Å². The van der Waals surface area contributed by atoms with Gasteiger partial charge in [0.25, 0.3) is 0 Å². The zero-order chi connectivity index (χ0) is 20.2. The van der Waals surface area contributed by atoms with Gasteiger partial charge in [0.05, 0.1) is 0 Å². The molecule has 5 heterocycles. The van der Waals surface area contributed by atoms with Gasteiger partial charge in [0.1, 0.15) is 12.0 Å². The number of hydrogen-bond donors (Lipinski definition) is 2. The van der Waals surface area contributed by atoms with Crippen LogP contribution in [0.3, 0.4) is 0 Å². The van der Waals surface area contributed by atoms with Crippen molar-refractivity contribution < 1.29 is 4.79 Å². The van der Waals surface area contributed by atoms with Crippen LogP contribution >= 0.6 is 0 Å². The number of likely N-dealkylation sites (tertiary alicyclic amines) is 1. The normalized spacial score (nSPS) is 23.4. The van der Waals surface area contributed by atoms with Gasteiger partial charge in [-0.15, -0.1) is 10.2 Å². The van der Waals surface area contributed by atoms with Gasteiger partial charge in [-0.1, -0.05) is 0 Å². The number of hydrogen-bond acceptors (Lipinski definition) is 6. The molecule has 6 rings (SSSR count). The number of amides is 1. The second-order valence-electron chi connectivity index (χ2n) is 8.43. The van der Waals surface area contributed by atoms with Gasteiger partial charge >= 0.3 is 0 Å². The lowest BCUT2D eigenvalue weighted by molar-refractivity contribution is -0.128. The van der Waals surface area contributed by atoms with Crippen molar-refractivity contribution >= 4 is 28.5 Å². The summed E-state index contributed by atoms with van der Waals surface area (Å²) in [6.45, 7) is 3.43. The largest absolute Gasteiger partial charge is 0.351 e. The zero-order valence-electron chi connectivity index (χ0n) is 16.6. The lowest BCUT2D eigenvalue weighted by Crippen LogP contribution is -2.29. The zero-order valence-corrected chi connectivity index (χ0v) is 16.6. The molecule has 4 aromatic heterocycles.